The highest BCUT2D eigenvalue weighted by Crippen LogP contribution is 2.24. The molecular weight excluding hydrogens is 294 g/mol. The number of ether oxygens (including phenoxy) is 1. The van der Waals surface area contributed by atoms with Crippen molar-refractivity contribution in [3.63, 3.8) is 0 Å². The van der Waals surface area contributed by atoms with Gasteiger partial charge in [-0.15, -0.1) is 11.3 Å². The van der Waals surface area contributed by atoms with Crippen molar-refractivity contribution in [1.29, 1.82) is 0 Å². The largest absolute Gasteiger partial charge is 0.497 e. The molecule has 1 heterocycles. The average molecular weight is 317 g/mol. The van der Waals surface area contributed by atoms with E-state index in [0.29, 0.717) is 6.54 Å². The first-order valence-corrected chi connectivity index (χ1v) is 8.17. The Morgan fingerprint density at radius 1 is 1.32 bits per heavy atom. The summed E-state index contributed by atoms with van der Waals surface area (Å²) >= 11 is 1.58. The van der Waals surface area contributed by atoms with Crippen molar-refractivity contribution in [2.24, 2.45) is 0 Å². The molecule has 118 valence electrons. The van der Waals surface area contributed by atoms with Gasteiger partial charge in [-0.25, -0.2) is 0 Å². The molecular formula is C18H23NO2S. The van der Waals surface area contributed by atoms with E-state index in [1.54, 1.807) is 18.4 Å². The molecule has 0 fully saturated rings. The van der Waals surface area contributed by atoms with E-state index >= 15 is 0 Å². The van der Waals surface area contributed by atoms with Crippen LogP contribution in [-0.4, -0.2) is 25.3 Å². The zero-order chi connectivity index (χ0) is 16.0. The van der Waals surface area contributed by atoms with Gasteiger partial charge in [0.25, 0.3) is 0 Å². The van der Waals surface area contributed by atoms with Crippen LogP contribution in [0.3, 0.4) is 0 Å². The lowest BCUT2D eigenvalue weighted by molar-refractivity contribution is 0.0617. The molecule has 2 N–H and O–H groups in total. The number of hydrogen-bond acceptors (Lipinski definition) is 4. The zero-order valence-corrected chi connectivity index (χ0v) is 14.1. The second-order valence-electron chi connectivity index (χ2n) is 5.62. The van der Waals surface area contributed by atoms with Crippen LogP contribution in [-0.2, 0) is 5.60 Å². The Morgan fingerprint density at radius 2 is 2.05 bits per heavy atom. The van der Waals surface area contributed by atoms with Crippen LogP contribution < -0.4 is 10.1 Å². The molecule has 0 spiro atoms. The summed E-state index contributed by atoms with van der Waals surface area (Å²) in [5.41, 5.74) is 1.53. The fourth-order valence-electron chi connectivity index (χ4n) is 2.21. The molecule has 0 aliphatic heterocycles. The Kier molecular flexibility index (Phi) is 5.77. The van der Waals surface area contributed by atoms with Gasteiger partial charge in [-0.3, -0.25) is 0 Å². The van der Waals surface area contributed by atoms with Crippen molar-refractivity contribution in [3.8, 4) is 5.75 Å². The van der Waals surface area contributed by atoms with Crippen LogP contribution in [0.5, 0.6) is 5.75 Å². The molecule has 2 aromatic rings. The first kappa shape index (κ1) is 16.7. The first-order valence-electron chi connectivity index (χ1n) is 7.29. The van der Waals surface area contributed by atoms with Gasteiger partial charge in [-0.1, -0.05) is 29.8 Å². The number of benzene rings is 1. The van der Waals surface area contributed by atoms with Crippen molar-refractivity contribution in [3.05, 3.63) is 57.8 Å². The Morgan fingerprint density at radius 3 is 2.64 bits per heavy atom. The van der Waals surface area contributed by atoms with Crippen molar-refractivity contribution in [1.82, 2.24) is 5.32 Å². The van der Waals surface area contributed by atoms with Gasteiger partial charge in [-0.05, 0) is 43.0 Å². The molecule has 1 atom stereocenters. The quantitative estimate of drug-likeness (QED) is 0.819. The Bertz CT molecular complexity index is 601. The van der Waals surface area contributed by atoms with Crippen LogP contribution in [0.25, 0.3) is 6.08 Å². The van der Waals surface area contributed by atoms with Gasteiger partial charge >= 0.3 is 0 Å². The third kappa shape index (κ3) is 4.70. The van der Waals surface area contributed by atoms with E-state index in [1.165, 1.54) is 5.57 Å². The lowest BCUT2D eigenvalue weighted by Gasteiger charge is -2.22. The Hall–Kier alpha value is -1.62. The maximum Gasteiger partial charge on any atom is 0.118 e. The van der Waals surface area contributed by atoms with Gasteiger partial charge in [0.1, 0.15) is 11.4 Å². The van der Waals surface area contributed by atoms with Crippen LogP contribution in [0, 0.1) is 0 Å². The van der Waals surface area contributed by atoms with Crippen LogP contribution in [0.15, 0.2) is 47.4 Å². The Balaban J connectivity index is 1.86. The van der Waals surface area contributed by atoms with Crippen molar-refractivity contribution < 1.29 is 9.84 Å². The third-order valence-corrected chi connectivity index (χ3v) is 4.58. The van der Waals surface area contributed by atoms with Gasteiger partial charge < -0.3 is 15.2 Å². The zero-order valence-electron chi connectivity index (χ0n) is 13.3. The van der Waals surface area contributed by atoms with Crippen LogP contribution in [0.4, 0.5) is 0 Å². The molecule has 4 heteroatoms. The summed E-state index contributed by atoms with van der Waals surface area (Å²) in [5, 5.41) is 15.8. The fourth-order valence-corrected chi connectivity index (χ4v) is 3.00. The molecule has 0 aliphatic rings. The van der Waals surface area contributed by atoms with E-state index in [0.717, 1.165) is 22.7 Å². The molecule has 2 rings (SSSR count). The van der Waals surface area contributed by atoms with Gasteiger partial charge in [0.2, 0.25) is 0 Å². The SMILES string of the molecule is COc1ccc(/C=C(/C)CNCC(C)(O)c2cccs2)cc1. The molecule has 0 saturated carbocycles. The van der Waals surface area contributed by atoms with Crippen molar-refractivity contribution in [2.45, 2.75) is 19.4 Å². The number of hydrogen-bond donors (Lipinski definition) is 2. The highest BCUT2D eigenvalue weighted by Gasteiger charge is 2.23. The van der Waals surface area contributed by atoms with Crippen molar-refractivity contribution >= 4 is 17.4 Å². The minimum atomic E-state index is -0.825. The standard InChI is InChI=1S/C18H23NO2S/c1-14(11-15-6-8-16(21-3)9-7-15)12-19-13-18(2,20)17-5-4-10-22-17/h4-11,19-20H,12-13H2,1-3H3/b14-11-. The van der Waals surface area contributed by atoms with E-state index in [1.807, 2.05) is 48.7 Å². The predicted octanol–water partition coefficient (Wildman–Crippen LogP) is 3.66. The monoisotopic (exact) mass is 317 g/mol. The highest BCUT2D eigenvalue weighted by molar-refractivity contribution is 7.10. The van der Waals surface area contributed by atoms with Crippen LogP contribution in [0.2, 0.25) is 0 Å². The van der Waals surface area contributed by atoms with E-state index in [4.69, 9.17) is 4.74 Å². The number of nitrogens with one attached hydrogen (secondary N) is 1. The van der Waals surface area contributed by atoms with Crippen molar-refractivity contribution in [2.75, 3.05) is 20.2 Å². The summed E-state index contributed by atoms with van der Waals surface area (Å²) in [5.74, 6) is 0.861. The maximum atomic E-state index is 10.4. The third-order valence-electron chi connectivity index (χ3n) is 3.45. The lowest BCUT2D eigenvalue weighted by atomic mass is 10.1. The molecule has 1 aromatic carbocycles. The van der Waals surface area contributed by atoms with Gasteiger partial charge in [-0.2, -0.15) is 0 Å². The van der Waals surface area contributed by atoms with E-state index < -0.39 is 5.60 Å². The molecule has 1 unspecified atom stereocenters. The number of thiophene rings is 1. The maximum absolute atomic E-state index is 10.4. The van der Waals surface area contributed by atoms with Crippen LogP contribution >= 0.6 is 11.3 Å². The molecule has 3 nitrogen and oxygen atoms in total. The van der Waals surface area contributed by atoms with Gasteiger partial charge in [0, 0.05) is 18.0 Å². The Labute approximate surface area is 136 Å². The molecule has 0 amide bonds. The summed E-state index contributed by atoms with van der Waals surface area (Å²) in [6, 6.07) is 11.9. The van der Waals surface area contributed by atoms with E-state index in [-0.39, 0.29) is 0 Å². The van der Waals surface area contributed by atoms with Gasteiger partial charge in [0.15, 0.2) is 0 Å². The summed E-state index contributed by atoms with van der Waals surface area (Å²) in [6.07, 6.45) is 2.13. The second-order valence-corrected chi connectivity index (χ2v) is 6.57. The molecule has 0 aliphatic carbocycles. The smallest absolute Gasteiger partial charge is 0.118 e. The number of methoxy groups -OCH3 is 1. The fraction of sp³-hybridized carbons (Fsp3) is 0.333. The molecule has 0 saturated heterocycles. The van der Waals surface area contributed by atoms with Crippen LogP contribution in [0.1, 0.15) is 24.3 Å². The second kappa shape index (κ2) is 7.58. The average Bonchev–Trinajstić information content (AvgIpc) is 3.03. The van der Waals surface area contributed by atoms with E-state index in [2.05, 4.69) is 18.3 Å². The molecule has 1 aromatic heterocycles. The van der Waals surface area contributed by atoms with Gasteiger partial charge in [0.05, 0.1) is 7.11 Å². The first-order chi connectivity index (χ1) is 10.5. The normalized spacial score (nSPS) is 14.6. The van der Waals surface area contributed by atoms with E-state index in [9.17, 15) is 5.11 Å². The summed E-state index contributed by atoms with van der Waals surface area (Å²) in [6.45, 7) is 5.19. The topological polar surface area (TPSA) is 41.5 Å². The number of rotatable bonds is 7. The highest BCUT2D eigenvalue weighted by atomic mass is 32.1. The summed E-state index contributed by atoms with van der Waals surface area (Å²) < 4.78 is 5.15. The molecule has 22 heavy (non-hydrogen) atoms. The number of aliphatic hydroxyl groups is 1. The minimum Gasteiger partial charge on any atom is -0.497 e. The minimum absolute atomic E-state index is 0.529. The molecule has 0 radical (unpaired) electrons. The lowest BCUT2D eigenvalue weighted by Crippen LogP contribution is -2.35. The predicted molar refractivity (Wildman–Crippen MR) is 93.4 cm³/mol. The summed E-state index contributed by atoms with van der Waals surface area (Å²) in [7, 11) is 1.67. The summed E-state index contributed by atoms with van der Waals surface area (Å²) in [4.78, 5) is 0.983. The molecule has 0 bridgehead atoms.